The molecule has 17 rings (SSSR count). The fraction of sp³-hybridized carbons (Fsp3) is 0.0488. The molecule has 0 spiro atoms. The molecule has 15 aromatic rings. The van der Waals surface area contributed by atoms with E-state index in [0.29, 0.717) is 34.9 Å². The van der Waals surface area contributed by atoms with Crippen LogP contribution in [-0.2, 0) is 5.41 Å². The smallest absolute Gasteiger partial charge is 0.256 e. The molecule has 0 bridgehead atoms. The van der Waals surface area contributed by atoms with Crippen molar-refractivity contribution in [2.24, 2.45) is 0 Å². The minimum absolute atomic E-state index is 0.255. The molecule has 0 saturated carbocycles. The Bertz CT molecular complexity index is 5230. The molecule has 0 amide bonds. The number of hydrogen-bond donors (Lipinski definition) is 0. The van der Waals surface area contributed by atoms with E-state index in [0.717, 1.165) is 139 Å². The summed E-state index contributed by atoms with van der Waals surface area (Å²) in [5.74, 6) is 5.14. The Labute approximate surface area is 528 Å². The molecule has 12 aromatic carbocycles. The molecule has 2 aliphatic rings. The van der Waals surface area contributed by atoms with Crippen LogP contribution in [0.5, 0.6) is 11.5 Å². The van der Waals surface area contributed by atoms with Gasteiger partial charge in [0.1, 0.15) is 11.5 Å². The Balaban J connectivity index is 0.996. The summed E-state index contributed by atoms with van der Waals surface area (Å²) in [6.45, 7) is 6.52. The van der Waals surface area contributed by atoms with Gasteiger partial charge in [0.15, 0.2) is 34.9 Å². The number of rotatable bonds is 10. The predicted octanol–water partition coefficient (Wildman–Crippen LogP) is 18.1. The topological polar surface area (TPSA) is 91.5 Å². The van der Waals surface area contributed by atoms with Crippen LogP contribution in [0, 0.1) is 0 Å². The normalized spacial score (nSPS) is 12.2. The molecule has 0 radical (unpaired) electrons. The van der Waals surface area contributed by atoms with E-state index in [-0.39, 0.29) is 12.1 Å². The van der Waals surface area contributed by atoms with Crippen molar-refractivity contribution in [1.29, 1.82) is 0 Å². The largest absolute Gasteiger partial charge is 0.458 e. The van der Waals surface area contributed by atoms with Crippen molar-refractivity contribution in [2.45, 2.75) is 26.2 Å². The van der Waals surface area contributed by atoms with Crippen LogP contribution in [0.3, 0.4) is 0 Å². The summed E-state index contributed by atoms with van der Waals surface area (Å²) in [4.78, 5) is 31.7. The molecule has 8 nitrogen and oxygen atoms in total. The van der Waals surface area contributed by atoms with Crippen LogP contribution in [0.15, 0.2) is 285 Å². The van der Waals surface area contributed by atoms with Crippen molar-refractivity contribution in [3.8, 4) is 130 Å². The van der Waals surface area contributed by atoms with Crippen molar-refractivity contribution >= 4 is 44.9 Å². The van der Waals surface area contributed by atoms with Gasteiger partial charge in [-0.25, -0.2) is 29.9 Å². The van der Waals surface area contributed by atoms with Gasteiger partial charge >= 0.3 is 0 Å². The lowest BCUT2D eigenvalue weighted by molar-refractivity contribution is 0.484. The summed E-state index contributed by atoms with van der Waals surface area (Å²) in [6, 6.07) is 101. The Morgan fingerprint density at radius 1 is 0.319 bits per heavy atom. The lowest BCUT2D eigenvalue weighted by Crippen LogP contribution is -2.58. The molecule has 5 heterocycles. The summed E-state index contributed by atoms with van der Waals surface area (Å²) < 4.78 is 10.3. The Hall–Kier alpha value is -11.7. The van der Waals surface area contributed by atoms with E-state index in [1.54, 1.807) is 0 Å². The third-order valence-corrected chi connectivity index (χ3v) is 17.9. The SMILES string of the molecule is CC(C)(C)c1cc2c3c(c1)-n1c4ccc(-c5nc(-c6ccccc6)nc(-c6ccccc6)n5)cc4c4cc(-c5nc(-c6ccccc6)nc(-c6ccccc6)n5)cc(c41)B3c1cc(-c3ccccc3-c3ccccc3)cc(-c3ccccc3-c3ccccc3)c1O2. The number of ether oxygens (including phenoxy) is 1. The van der Waals surface area contributed by atoms with Gasteiger partial charge in [-0.05, 0) is 109 Å². The number of nitrogens with zero attached hydrogens (tertiary/aromatic N) is 7. The first kappa shape index (κ1) is 53.6. The highest BCUT2D eigenvalue weighted by Gasteiger charge is 2.43. The zero-order valence-corrected chi connectivity index (χ0v) is 50.3. The second-order valence-corrected chi connectivity index (χ2v) is 24.6. The van der Waals surface area contributed by atoms with Crippen molar-refractivity contribution in [1.82, 2.24) is 34.5 Å². The molecule has 428 valence electrons. The molecule has 3 aromatic heterocycles. The summed E-state index contributed by atoms with van der Waals surface area (Å²) in [5, 5.41) is 2.06. The maximum absolute atomic E-state index is 7.79. The van der Waals surface area contributed by atoms with E-state index in [1.807, 2.05) is 72.8 Å². The molecular formula is C82H56BN7O. The Morgan fingerprint density at radius 3 is 1.20 bits per heavy atom. The highest BCUT2D eigenvalue weighted by molar-refractivity contribution is 6.99. The third kappa shape index (κ3) is 9.31. The van der Waals surface area contributed by atoms with Gasteiger partial charge in [-0.15, -0.1) is 0 Å². The third-order valence-electron chi connectivity index (χ3n) is 17.9. The van der Waals surface area contributed by atoms with Crippen LogP contribution in [-0.4, -0.2) is 41.2 Å². The average Bonchev–Trinajstić information content (AvgIpc) is 1.67. The molecule has 0 fully saturated rings. The first-order valence-corrected chi connectivity index (χ1v) is 30.9. The van der Waals surface area contributed by atoms with Crippen LogP contribution in [0.1, 0.15) is 26.3 Å². The second-order valence-electron chi connectivity index (χ2n) is 24.6. The molecule has 0 saturated heterocycles. The van der Waals surface area contributed by atoms with E-state index in [1.165, 1.54) is 0 Å². The summed E-state index contributed by atoms with van der Waals surface area (Å²) in [6.07, 6.45) is 0. The van der Waals surface area contributed by atoms with Gasteiger partial charge in [-0.3, -0.25) is 0 Å². The summed E-state index contributed by atoms with van der Waals surface area (Å²) in [5.41, 5.74) is 21.5. The number of fused-ring (bicyclic) bond motifs is 7. The Kier molecular flexibility index (Phi) is 12.7. The van der Waals surface area contributed by atoms with Gasteiger partial charge in [0.2, 0.25) is 0 Å². The Morgan fingerprint density at radius 2 is 0.714 bits per heavy atom. The fourth-order valence-electron chi connectivity index (χ4n) is 13.5. The molecule has 0 N–H and O–H groups in total. The van der Waals surface area contributed by atoms with Gasteiger partial charge < -0.3 is 9.30 Å². The van der Waals surface area contributed by atoms with Gasteiger partial charge in [-0.2, -0.15) is 0 Å². The monoisotopic (exact) mass is 1170 g/mol. The van der Waals surface area contributed by atoms with Crippen LogP contribution in [0.2, 0.25) is 0 Å². The highest BCUT2D eigenvalue weighted by Crippen LogP contribution is 2.47. The van der Waals surface area contributed by atoms with Gasteiger partial charge in [0.05, 0.1) is 5.52 Å². The number of aromatic nitrogens is 7. The average molecular weight is 1170 g/mol. The van der Waals surface area contributed by atoms with Crippen molar-refractivity contribution in [3.05, 3.63) is 291 Å². The number of benzene rings is 12. The minimum atomic E-state index is -0.345. The van der Waals surface area contributed by atoms with Gasteiger partial charge in [0, 0.05) is 60.9 Å². The van der Waals surface area contributed by atoms with Crippen LogP contribution < -0.4 is 21.1 Å². The van der Waals surface area contributed by atoms with Crippen LogP contribution >= 0.6 is 0 Å². The van der Waals surface area contributed by atoms with Crippen molar-refractivity contribution in [3.63, 3.8) is 0 Å². The molecular weight excluding hydrogens is 1110 g/mol. The quantitative estimate of drug-likeness (QED) is 0.126. The first-order chi connectivity index (χ1) is 44.7. The van der Waals surface area contributed by atoms with E-state index in [9.17, 15) is 0 Å². The van der Waals surface area contributed by atoms with Crippen LogP contribution in [0.4, 0.5) is 0 Å². The first-order valence-electron chi connectivity index (χ1n) is 30.9. The lowest BCUT2D eigenvalue weighted by Gasteiger charge is -2.36. The van der Waals surface area contributed by atoms with E-state index in [4.69, 9.17) is 34.6 Å². The zero-order valence-electron chi connectivity index (χ0n) is 50.3. The predicted molar refractivity (Wildman–Crippen MR) is 372 cm³/mol. The molecule has 0 unspecified atom stereocenters. The fourth-order valence-corrected chi connectivity index (χ4v) is 13.5. The maximum atomic E-state index is 7.79. The lowest BCUT2D eigenvalue weighted by atomic mass is 9.34. The van der Waals surface area contributed by atoms with E-state index in [2.05, 4.69) is 238 Å². The zero-order chi connectivity index (χ0) is 60.7. The van der Waals surface area contributed by atoms with E-state index < -0.39 is 0 Å². The molecule has 9 heteroatoms. The number of hydrogen-bond acceptors (Lipinski definition) is 7. The van der Waals surface area contributed by atoms with Crippen LogP contribution in [0.25, 0.3) is 140 Å². The molecule has 0 aliphatic carbocycles. The second kappa shape index (κ2) is 21.6. The molecule has 2 aliphatic heterocycles. The summed E-state index contributed by atoms with van der Waals surface area (Å²) in [7, 11) is 0. The standard InChI is InChI=1S/C82H56BN7O/c1-82(2,3)60-49-71-73-72(50-60)91-75-67(64-41-25-24-39-62(64)52-28-12-5-13-29-52)45-58(63-40-23-22-38-61(63)51-26-10-4-11-27-51)47-69(75)83(73)68-48-59(81-88-78(55-34-18-8-19-35-55)85-79(89-81)56-36-20-9-21-37-56)46-66-65-44-57(42-43-70(65)90(71)74(66)68)80-86-76(53-30-14-6-15-31-53)84-77(87-80)54-32-16-7-17-33-54/h4-50H,1-3H3. The van der Waals surface area contributed by atoms with Gasteiger partial charge in [0.25, 0.3) is 6.71 Å². The molecule has 91 heavy (non-hydrogen) atoms. The van der Waals surface area contributed by atoms with Crippen molar-refractivity contribution in [2.75, 3.05) is 0 Å². The maximum Gasteiger partial charge on any atom is 0.256 e. The minimum Gasteiger partial charge on any atom is -0.458 e. The van der Waals surface area contributed by atoms with E-state index >= 15 is 0 Å². The highest BCUT2D eigenvalue weighted by atomic mass is 16.5. The summed E-state index contributed by atoms with van der Waals surface area (Å²) >= 11 is 0. The molecule has 0 atom stereocenters. The van der Waals surface area contributed by atoms with Gasteiger partial charge in [-0.1, -0.05) is 263 Å². The van der Waals surface area contributed by atoms with Crippen molar-refractivity contribution < 1.29 is 4.74 Å².